The van der Waals surface area contributed by atoms with Crippen molar-refractivity contribution in [1.82, 2.24) is 0 Å². The van der Waals surface area contributed by atoms with E-state index in [1.807, 2.05) is 48.5 Å². The first kappa shape index (κ1) is 17.9. The van der Waals surface area contributed by atoms with Gasteiger partial charge in [-0.3, -0.25) is 14.9 Å². The van der Waals surface area contributed by atoms with E-state index >= 15 is 0 Å². The zero-order valence-electron chi connectivity index (χ0n) is 14.9. The second-order valence-corrected chi connectivity index (χ2v) is 6.71. The molecular weight excluding hydrogens is 356 g/mol. The zero-order chi connectivity index (χ0) is 19.7. The van der Waals surface area contributed by atoms with E-state index in [-0.39, 0.29) is 24.1 Å². The van der Waals surface area contributed by atoms with Crippen molar-refractivity contribution < 1.29 is 14.8 Å². The van der Waals surface area contributed by atoms with Crippen LogP contribution in [0.2, 0.25) is 0 Å². The Labute approximate surface area is 161 Å². The lowest BCUT2D eigenvalue weighted by atomic mass is 9.96. The number of para-hydroxylation sites is 1. The highest BCUT2D eigenvalue weighted by molar-refractivity contribution is 6.11. The third-order valence-electron chi connectivity index (χ3n) is 5.05. The number of aliphatic hydroxyl groups excluding tert-OH is 1. The second kappa shape index (κ2) is 7.25. The molecule has 2 atom stereocenters. The molecule has 0 bridgehead atoms. The largest absolute Gasteiger partial charge is 0.388 e. The zero-order valence-corrected chi connectivity index (χ0v) is 14.9. The lowest BCUT2D eigenvalue weighted by molar-refractivity contribution is -0.384. The van der Waals surface area contributed by atoms with Crippen LogP contribution in [0.3, 0.4) is 0 Å². The molecule has 6 heteroatoms. The van der Waals surface area contributed by atoms with Crippen LogP contribution < -0.4 is 4.90 Å². The molecule has 0 fully saturated rings. The van der Waals surface area contributed by atoms with Crippen molar-refractivity contribution in [3.63, 3.8) is 0 Å². The first-order valence-corrected chi connectivity index (χ1v) is 8.96. The molecule has 1 aliphatic heterocycles. The van der Waals surface area contributed by atoms with Crippen LogP contribution in [0.25, 0.3) is 0 Å². The molecule has 0 saturated carbocycles. The molecule has 0 saturated heterocycles. The Balaban J connectivity index is 1.67. The van der Waals surface area contributed by atoms with Gasteiger partial charge in [0.15, 0.2) is 0 Å². The molecule has 0 radical (unpaired) electrons. The molecule has 0 spiro atoms. The number of anilines is 1. The van der Waals surface area contributed by atoms with E-state index in [0.29, 0.717) is 11.1 Å². The van der Waals surface area contributed by atoms with E-state index in [9.17, 15) is 20.0 Å². The number of hydrogen-bond donors (Lipinski definition) is 1. The summed E-state index contributed by atoms with van der Waals surface area (Å²) in [6.07, 6.45) is -0.578. The van der Waals surface area contributed by atoms with Gasteiger partial charge >= 0.3 is 0 Å². The maximum atomic E-state index is 13.0. The number of benzene rings is 3. The Hall–Kier alpha value is -3.51. The molecule has 0 aromatic heterocycles. The van der Waals surface area contributed by atoms with Crippen LogP contribution in [0.5, 0.6) is 0 Å². The third kappa shape index (κ3) is 3.14. The average Bonchev–Trinajstić information content (AvgIpc) is 3.00. The van der Waals surface area contributed by atoms with Gasteiger partial charge in [0, 0.05) is 29.8 Å². The van der Waals surface area contributed by atoms with Gasteiger partial charge in [0.2, 0.25) is 0 Å². The lowest BCUT2D eigenvalue weighted by Gasteiger charge is -2.27. The fourth-order valence-electron chi connectivity index (χ4n) is 3.68. The standard InChI is InChI=1S/C22H18N2O4/c25-21(15-10-12-17(13-11-15)24(27)28)14-20-18-8-4-5-9-19(18)22(26)23(20)16-6-2-1-3-7-16/h1-13,20-21,25H,14H2. The number of fused-ring (bicyclic) bond motifs is 1. The van der Waals surface area contributed by atoms with Crippen LogP contribution in [0.1, 0.15) is 40.1 Å². The van der Waals surface area contributed by atoms with Crippen LogP contribution >= 0.6 is 0 Å². The fraction of sp³-hybridized carbons (Fsp3) is 0.136. The predicted octanol–water partition coefficient (Wildman–Crippen LogP) is 4.42. The van der Waals surface area contributed by atoms with Gasteiger partial charge in [-0.15, -0.1) is 0 Å². The summed E-state index contributed by atoms with van der Waals surface area (Å²) in [7, 11) is 0. The number of nitro groups is 1. The van der Waals surface area contributed by atoms with Gasteiger partial charge in [-0.05, 0) is 41.5 Å². The fourth-order valence-corrected chi connectivity index (χ4v) is 3.68. The van der Waals surface area contributed by atoms with Crippen molar-refractivity contribution in [2.45, 2.75) is 18.6 Å². The Morgan fingerprint density at radius 1 is 0.964 bits per heavy atom. The maximum Gasteiger partial charge on any atom is 0.269 e. The van der Waals surface area contributed by atoms with Crippen molar-refractivity contribution >= 4 is 17.3 Å². The van der Waals surface area contributed by atoms with Crippen LogP contribution in [0, 0.1) is 10.1 Å². The minimum atomic E-state index is -0.865. The first-order chi connectivity index (χ1) is 13.6. The van der Waals surface area contributed by atoms with Crippen molar-refractivity contribution in [2.75, 3.05) is 4.90 Å². The van der Waals surface area contributed by atoms with Gasteiger partial charge in [0.25, 0.3) is 11.6 Å². The minimum Gasteiger partial charge on any atom is -0.388 e. The normalized spacial score (nSPS) is 16.7. The molecule has 28 heavy (non-hydrogen) atoms. The van der Waals surface area contributed by atoms with Gasteiger partial charge in [-0.1, -0.05) is 36.4 Å². The molecule has 140 valence electrons. The summed E-state index contributed by atoms with van der Waals surface area (Å²) >= 11 is 0. The monoisotopic (exact) mass is 374 g/mol. The number of nitrogens with zero attached hydrogens (tertiary/aromatic N) is 2. The topological polar surface area (TPSA) is 83.7 Å². The number of non-ortho nitro benzene ring substituents is 1. The highest BCUT2D eigenvalue weighted by Crippen LogP contribution is 2.42. The van der Waals surface area contributed by atoms with E-state index in [4.69, 9.17) is 0 Å². The van der Waals surface area contributed by atoms with Gasteiger partial charge in [0.1, 0.15) is 0 Å². The summed E-state index contributed by atoms with van der Waals surface area (Å²) in [5, 5.41) is 21.6. The van der Waals surface area contributed by atoms with Crippen LogP contribution in [-0.4, -0.2) is 15.9 Å². The van der Waals surface area contributed by atoms with Crippen LogP contribution in [0.4, 0.5) is 11.4 Å². The van der Waals surface area contributed by atoms with Crippen molar-refractivity contribution in [3.05, 3.63) is 106 Å². The maximum absolute atomic E-state index is 13.0. The molecule has 1 aliphatic rings. The minimum absolute atomic E-state index is 0.0248. The molecule has 2 unspecified atom stereocenters. The summed E-state index contributed by atoms with van der Waals surface area (Å²) in [4.78, 5) is 25.1. The predicted molar refractivity (Wildman–Crippen MR) is 105 cm³/mol. The molecule has 4 rings (SSSR count). The van der Waals surface area contributed by atoms with Gasteiger partial charge in [-0.2, -0.15) is 0 Å². The smallest absolute Gasteiger partial charge is 0.269 e. The molecule has 3 aromatic rings. The van der Waals surface area contributed by atoms with E-state index in [1.165, 1.54) is 12.1 Å². The molecule has 1 amide bonds. The summed E-state index contributed by atoms with van der Waals surface area (Å²) in [5.41, 5.74) is 2.83. The number of amides is 1. The number of nitro benzene ring substituents is 1. The van der Waals surface area contributed by atoms with Gasteiger partial charge in [-0.25, -0.2) is 0 Å². The van der Waals surface area contributed by atoms with Crippen LogP contribution in [0.15, 0.2) is 78.9 Å². The quantitative estimate of drug-likeness (QED) is 0.529. The third-order valence-corrected chi connectivity index (χ3v) is 5.05. The van der Waals surface area contributed by atoms with E-state index in [1.54, 1.807) is 23.1 Å². The number of aliphatic hydroxyl groups is 1. The Bertz CT molecular complexity index is 1020. The average molecular weight is 374 g/mol. The summed E-state index contributed by atoms with van der Waals surface area (Å²) in [5.74, 6) is -0.0947. The Morgan fingerprint density at radius 2 is 1.61 bits per heavy atom. The van der Waals surface area contributed by atoms with E-state index < -0.39 is 11.0 Å². The summed E-state index contributed by atoms with van der Waals surface area (Å²) < 4.78 is 0. The Morgan fingerprint density at radius 3 is 2.29 bits per heavy atom. The van der Waals surface area contributed by atoms with Crippen molar-refractivity contribution in [2.24, 2.45) is 0 Å². The molecule has 1 heterocycles. The molecule has 1 N–H and O–H groups in total. The molecule has 6 nitrogen and oxygen atoms in total. The first-order valence-electron chi connectivity index (χ1n) is 8.96. The van der Waals surface area contributed by atoms with Crippen molar-refractivity contribution in [1.29, 1.82) is 0 Å². The lowest BCUT2D eigenvalue weighted by Crippen LogP contribution is -2.28. The van der Waals surface area contributed by atoms with E-state index in [2.05, 4.69) is 0 Å². The van der Waals surface area contributed by atoms with Gasteiger partial charge in [0.05, 0.1) is 17.1 Å². The highest BCUT2D eigenvalue weighted by Gasteiger charge is 2.38. The molecule has 3 aromatic carbocycles. The van der Waals surface area contributed by atoms with Crippen LogP contribution in [-0.2, 0) is 0 Å². The number of rotatable bonds is 5. The van der Waals surface area contributed by atoms with Gasteiger partial charge < -0.3 is 10.0 Å². The second-order valence-electron chi connectivity index (χ2n) is 6.71. The van der Waals surface area contributed by atoms with Crippen molar-refractivity contribution in [3.8, 4) is 0 Å². The summed E-state index contributed by atoms with van der Waals surface area (Å²) in [6.45, 7) is 0. The number of carbonyl (C=O) groups excluding carboxylic acids is 1. The molecule has 0 aliphatic carbocycles. The molecular formula is C22H18N2O4. The van der Waals surface area contributed by atoms with E-state index in [0.717, 1.165) is 11.3 Å². The highest BCUT2D eigenvalue weighted by atomic mass is 16.6. The Kier molecular flexibility index (Phi) is 4.63. The number of hydrogen-bond acceptors (Lipinski definition) is 4. The SMILES string of the molecule is O=C1c2ccccc2C(CC(O)c2ccc([N+](=O)[O-])cc2)N1c1ccccc1. The summed E-state index contributed by atoms with van der Waals surface area (Å²) in [6, 6.07) is 22.3. The number of carbonyl (C=O) groups is 1.